The van der Waals surface area contributed by atoms with E-state index in [1.807, 2.05) is 36.5 Å². The summed E-state index contributed by atoms with van der Waals surface area (Å²) in [7, 11) is 1.56. The van der Waals surface area contributed by atoms with Gasteiger partial charge in [-0.1, -0.05) is 12.1 Å². The van der Waals surface area contributed by atoms with Gasteiger partial charge in [-0.05, 0) is 42.5 Å². The number of anilines is 1. The van der Waals surface area contributed by atoms with Crippen LogP contribution in [0.25, 0.3) is 17.0 Å². The number of fused-ring (bicyclic) bond motifs is 1. The number of benzene rings is 1. The molecule has 4 rings (SSSR count). The smallest absolute Gasteiger partial charge is 0.258 e. The number of ether oxygens (including phenoxy) is 1. The van der Waals surface area contributed by atoms with Gasteiger partial charge < -0.3 is 9.72 Å². The summed E-state index contributed by atoms with van der Waals surface area (Å²) in [5.74, 6) is 0.563. The van der Waals surface area contributed by atoms with Crippen LogP contribution in [0.3, 0.4) is 0 Å². The summed E-state index contributed by atoms with van der Waals surface area (Å²) >= 11 is 0. The lowest BCUT2D eigenvalue weighted by molar-refractivity contribution is 0.102. The fraction of sp³-hybridized carbons (Fsp3) is 0.0556. The Bertz CT molecular complexity index is 1040. The van der Waals surface area contributed by atoms with E-state index in [1.165, 1.54) is 0 Å². The number of nitrogens with one attached hydrogen (secondary N) is 2. The molecule has 0 radical (unpaired) electrons. The summed E-state index contributed by atoms with van der Waals surface area (Å²) < 4.78 is 6.83. The number of nitrogens with zero attached hydrogens (tertiary/aromatic N) is 3. The van der Waals surface area contributed by atoms with E-state index >= 15 is 0 Å². The molecule has 7 nitrogen and oxygen atoms in total. The van der Waals surface area contributed by atoms with E-state index in [0.717, 1.165) is 11.4 Å². The second-order valence-corrected chi connectivity index (χ2v) is 5.39. The average Bonchev–Trinajstić information content (AvgIpc) is 3.30. The van der Waals surface area contributed by atoms with Crippen molar-refractivity contribution in [1.82, 2.24) is 19.6 Å². The molecule has 3 heterocycles. The van der Waals surface area contributed by atoms with Crippen LogP contribution in [0.15, 0.2) is 60.8 Å². The molecule has 0 atom stereocenters. The lowest BCUT2D eigenvalue weighted by Crippen LogP contribution is -2.13. The third-order valence-corrected chi connectivity index (χ3v) is 3.79. The van der Waals surface area contributed by atoms with Gasteiger partial charge in [0.15, 0.2) is 5.65 Å². The van der Waals surface area contributed by atoms with Crippen molar-refractivity contribution in [3.05, 3.63) is 66.4 Å². The molecule has 0 aliphatic carbocycles. The number of carbonyl (C=O) groups excluding carboxylic acids is 1. The number of aromatic amines is 1. The van der Waals surface area contributed by atoms with Gasteiger partial charge in [-0.15, -0.1) is 5.10 Å². The summed E-state index contributed by atoms with van der Waals surface area (Å²) in [4.78, 5) is 19.9. The molecule has 0 spiro atoms. The van der Waals surface area contributed by atoms with Gasteiger partial charge in [0.2, 0.25) is 5.95 Å². The molecule has 2 N–H and O–H groups in total. The van der Waals surface area contributed by atoms with Crippen LogP contribution in [-0.2, 0) is 0 Å². The number of rotatable bonds is 4. The van der Waals surface area contributed by atoms with Crippen LogP contribution in [0, 0.1) is 0 Å². The first kappa shape index (κ1) is 14.9. The zero-order valence-corrected chi connectivity index (χ0v) is 13.4. The summed E-state index contributed by atoms with van der Waals surface area (Å²) in [6, 6.07) is 16.4. The molecule has 3 aromatic heterocycles. The highest BCUT2D eigenvalue weighted by molar-refractivity contribution is 6.03. The summed E-state index contributed by atoms with van der Waals surface area (Å²) in [6.07, 6.45) is 1.84. The minimum Gasteiger partial charge on any atom is -0.497 e. The Balaban J connectivity index is 1.66. The number of H-pyrrole nitrogens is 1. The van der Waals surface area contributed by atoms with E-state index in [4.69, 9.17) is 4.74 Å². The molecule has 7 heteroatoms. The van der Waals surface area contributed by atoms with Gasteiger partial charge in [0.1, 0.15) is 5.75 Å². The van der Waals surface area contributed by atoms with E-state index < -0.39 is 0 Å². The standard InChI is InChI=1S/C18H15N5O2/c1-25-13-6-2-5-12(11-13)17(24)21-18-20-16-9-3-8-15(23(16)22-18)14-7-4-10-19-14/h2-11,19H,1H3,(H,21,22,24). The molecular weight excluding hydrogens is 318 g/mol. The van der Waals surface area contributed by atoms with Crippen molar-refractivity contribution in [2.75, 3.05) is 12.4 Å². The lowest BCUT2D eigenvalue weighted by Gasteiger charge is -2.03. The van der Waals surface area contributed by atoms with Crippen molar-refractivity contribution in [3.8, 4) is 17.1 Å². The highest BCUT2D eigenvalue weighted by Crippen LogP contribution is 2.19. The predicted octanol–water partition coefficient (Wildman–Crippen LogP) is 2.99. The number of carbonyl (C=O) groups is 1. The number of methoxy groups -OCH3 is 1. The number of aromatic nitrogens is 4. The van der Waals surface area contributed by atoms with E-state index in [-0.39, 0.29) is 11.9 Å². The van der Waals surface area contributed by atoms with Crippen LogP contribution in [-0.4, -0.2) is 32.6 Å². The average molecular weight is 333 g/mol. The minimum absolute atomic E-state index is 0.242. The monoisotopic (exact) mass is 333 g/mol. The number of pyridine rings is 1. The highest BCUT2D eigenvalue weighted by Gasteiger charge is 2.13. The Kier molecular flexibility index (Phi) is 3.66. The quantitative estimate of drug-likeness (QED) is 0.601. The van der Waals surface area contributed by atoms with Gasteiger partial charge >= 0.3 is 0 Å². The van der Waals surface area contributed by atoms with Crippen LogP contribution in [0.5, 0.6) is 5.75 Å². The molecule has 25 heavy (non-hydrogen) atoms. The SMILES string of the molecule is COc1cccc(C(=O)Nc2nc3cccc(-c4ccc[nH]4)n3n2)c1. The van der Waals surface area contributed by atoms with Gasteiger partial charge in [0, 0.05) is 11.8 Å². The van der Waals surface area contributed by atoms with Crippen LogP contribution in [0.1, 0.15) is 10.4 Å². The second kappa shape index (κ2) is 6.12. The fourth-order valence-electron chi connectivity index (χ4n) is 2.59. The molecule has 4 aromatic rings. The lowest BCUT2D eigenvalue weighted by atomic mass is 10.2. The molecule has 0 aliphatic heterocycles. The van der Waals surface area contributed by atoms with Crippen LogP contribution in [0.4, 0.5) is 5.95 Å². The molecular formula is C18H15N5O2. The number of hydrogen-bond donors (Lipinski definition) is 2. The molecule has 0 unspecified atom stereocenters. The van der Waals surface area contributed by atoms with Gasteiger partial charge in [-0.2, -0.15) is 4.98 Å². The maximum Gasteiger partial charge on any atom is 0.258 e. The maximum absolute atomic E-state index is 12.4. The van der Waals surface area contributed by atoms with E-state index in [9.17, 15) is 4.79 Å². The molecule has 0 saturated heterocycles. The summed E-state index contributed by atoms with van der Waals surface area (Å²) in [5, 5.41) is 7.12. The molecule has 124 valence electrons. The Morgan fingerprint density at radius 3 is 2.84 bits per heavy atom. The van der Waals surface area contributed by atoms with Crippen LogP contribution in [0.2, 0.25) is 0 Å². The highest BCUT2D eigenvalue weighted by atomic mass is 16.5. The molecule has 0 bridgehead atoms. The minimum atomic E-state index is -0.295. The first-order valence-corrected chi connectivity index (χ1v) is 7.69. The van der Waals surface area contributed by atoms with E-state index in [2.05, 4.69) is 20.4 Å². The number of amides is 1. The zero-order valence-electron chi connectivity index (χ0n) is 13.4. The normalized spacial score (nSPS) is 10.8. The topological polar surface area (TPSA) is 84.3 Å². The third kappa shape index (κ3) is 2.83. The van der Waals surface area contributed by atoms with E-state index in [1.54, 1.807) is 35.9 Å². The first-order chi connectivity index (χ1) is 12.2. The molecule has 0 saturated carbocycles. The van der Waals surface area contributed by atoms with Crippen molar-refractivity contribution >= 4 is 17.5 Å². The first-order valence-electron chi connectivity index (χ1n) is 7.69. The van der Waals surface area contributed by atoms with Gasteiger partial charge in [0.05, 0.1) is 18.5 Å². The molecule has 0 fully saturated rings. The summed E-state index contributed by atoms with van der Waals surface area (Å²) in [6.45, 7) is 0. The van der Waals surface area contributed by atoms with Crippen LogP contribution >= 0.6 is 0 Å². The van der Waals surface area contributed by atoms with Gasteiger partial charge in [0.25, 0.3) is 5.91 Å². The van der Waals surface area contributed by atoms with E-state index in [0.29, 0.717) is 17.0 Å². The Morgan fingerprint density at radius 1 is 1.16 bits per heavy atom. The van der Waals surface area contributed by atoms with Crippen molar-refractivity contribution in [3.63, 3.8) is 0 Å². The second-order valence-electron chi connectivity index (χ2n) is 5.39. The Morgan fingerprint density at radius 2 is 2.04 bits per heavy atom. The van der Waals surface area contributed by atoms with Gasteiger partial charge in [-0.25, -0.2) is 4.52 Å². The zero-order chi connectivity index (χ0) is 17.2. The van der Waals surface area contributed by atoms with Crippen molar-refractivity contribution < 1.29 is 9.53 Å². The maximum atomic E-state index is 12.4. The largest absolute Gasteiger partial charge is 0.497 e. The summed E-state index contributed by atoms with van der Waals surface area (Å²) in [5.41, 5.74) is 2.90. The molecule has 0 aliphatic rings. The van der Waals surface area contributed by atoms with Crippen molar-refractivity contribution in [1.29, 1.82) is 0 Å². The third-order valence-electron chi connectivity index (χ3n) is 3.79. The van der Waals surface area contributed by atoms with Crippen molar-refractivity contribution in [2.45, 2.75) is 0 Å². The van der Waals surface area contributed by atoms with Crippen molar-refractivity contribution in [2.24, 2.45) is 0 Å². The Hall–Kier alpha value is -3.61. The number of hydrogen-bond acceptors (Lipinski definition) is 4. The van der Waals surface area contributed by atoms with Crippen LogP contribution < -0.4 is 10.1 Å². The molecule has 1 amide bonds. The predicted molar refractivity (Wildman–Crippen MR) is 93.7 cm³/mol. The fourth-order valence-corrected chi connectivity index (χ4v) is 2.59. The Labute approximate surface area is 143 Å². The molecule has 1 aromatic carbocycles. The van der Waals surface area contributed by atoms with Gasteiger partial charge in [-0.3, -0.25) is 10.1 Å².